The lowest BCUT2D eigenvalue weighted by Gasteiger charge is -2.08. The van der Waals surface area contributed by atoms with E-state index in [1.54, 1.807) is 0 Å². The average Bonchev–Trinajstić information content (AvgIpc) is 2.82. The highest BCUT2D eigenvalue weighted by Gasteiger charge is 2.17. The van der Waals surface area contributed by atoms with Crippen molar-refractivity contribution in [3.8, 4) is 0 Å². The van der Waals surface area contributed by atoms with E-state index in [1.807, 2.05) is 0 Å². The molecule has 19 heavy (non-hydrogen) atoms. The number of aromatic nitrogens is 2. The lowest BCUT2D eigenvalue weighted by atomic mass is 10.2. The molecule has 4 nitrogen and oxygen atoms in total. The van der Waals surface area contributed by atoms with E-state index >= 15 is 0 Å². The van der Waals surface area contributed by atoms with Crippen LogP contribution in [-0.2, 0) is 12.8 Å². The van der Waals surface area contributed by atoms with Crippen LogP contribution in [0.1, 0.15) is 17.7 Å². The number of aromatic amines is 1. The topological polar surface area (TPSA) is 57.8 Å². The summed E-state index contributed by atoms with van der Waals surface area (Å²) in [5.41, 5.74) is 1.14. The molecule has 3 rings (SSSR count). The zero-order valence-electron chi connectivity index (χ0n) is 9.96. The lowest BCUT2D eigenvalue weighted by Crippen LogP contribution is -2.16. The standard InChI is InChI=1S/C13H11F2N3O/c14-7-4-5-9(15)11(6-7)17-13-16-10-3-1-2-8(10)12(19)18-13/h4-6H,1-3H2,(H2,16,17,18,19). The second kappa shape index (κ2) is 4.46. The van der Waals surface area contributed by atoms with Crippen molar-refractivity contribution in [1.82, 2.24) is 9.97 Å². The summed E-state index contributed by atoms with van der Waals surface area (Å²) < 4.78 is 26.5. The zero-order chi connectivity index (χ0) is 13.4. The largest absolute Gasteiger partial charge is 0.323 e. The summed E-state index contributed by atoms with van der Waals surface area (Å²) in [6.07, 6.45) is 2.34. The third kappa shape index (κ3) is 2.21. The third-order valence-corrected chi connectivity index (χ3v) is 3.12. The van der Waals surface area contributed by atoms with Gasteiger partial charge in [0.2, 0.25) is 5.95 Å². The van der Waals surface area contributed by atoms with Gasteiger partial charge < -0.3 is 5.32 Å². The Morgan fingerprint density at radius 2 is 2.11 bits per heavy atom. The fourth-order valence-corrected chi connectivity index (χ4v) is 2.22. The van der Waals surface area contributed by atoms with Crippen LogP contribution in [0.15, 0.2) is 23.0 Å². The van der Waals surface area contributed by atoms with Gasteiger partial charge in [-0.3, -0.25) is 9.78 Å². The number of fused-ring (bicyclic) bond motifs is 1. The van der Waals surface area contributed by atoms with Crippen molar-refractivity contribution in [3.05, 3.63) is 51.4 Å². The van der Waals surface area contributed by atoms with Crippen molar-refractivity contribution in [3.63, 3.8) is 0 Å². The average molecular weight is 263 g/mol. The van der Waals surface area contributed by atoms with Crippen LogP contribution < -0.4 is 10.9 Å². The Hall–Kier alpha value is -2.24. The van der Waals surface area contributed by atoms with E-state index in [9.17, 15) is 13.6 Å². The van der Waals surface area contributed by atoms with Gasteiger partial charge >= 0.3 is 0 Å². The summed E-state index contributed by atoms with van der Waals surface area (Å²) in [6, 6.07) is 3.06. The van der Waals surface area contributed by atoms with Gasteiger partial charge in [0.15, 0.2) is 0 Å². The molecule has 0 radical (unpaired) electrons. The first-order valence-corrected chi connectivity index (χ1v) is 5.97. The fourth-order valence-electron chi connectivity index (χ4n) is 2.22. The summed E-state index contributed by atoms with van der Waals surface area (Å²) in [7, 11) is 0. The molecular weight excluding hydrogens is 252 g/mol. The molecule has 1 aliphatic rings. The van der Waals surface area contributed by atoms with Crippen molar-refractivity contribution in [2.24, 2.45) is 0 Å². The number of hydrogen-bond acceptors (Lipinski definition) is 3. The van der Waals surface area contributed by atoms with Crippen molar-refractivity contribution in [2.45, 2.75) is 19.3 Å². The maximum Gasteiger partial charge on any atom is 0.255 e. The highest BCUT2D eigenvalue weighted by molar-refractivity contribution is 5.54. The Morgan fingerprint density at radius 3 is 2.95 bits per heavy atom. The molecule has 2 N–H and O–H groups in total. The quantitative estimate of drug-likeness (QED) is 0.874. The van der Waals surface area contributed by atoms with Gasteiger partial charge in [0.05, 0.1) is 11.4 Å². The predicted octanol–water partition coefficient (Wildman–Crippen LogP) is 2.28. The van der Waals surface area contributed by atoms with Crippen LogP contribution in [0.25, 0.3) is 0 Å². The van der Waals surface area contributed by atoms with Crippen LogP contribution in [0.2, 0.25) is 0 Å². The number of H-pyrrole nitrogens is 1. The first kappa shape index (κ1) is 11.8. The molecule has 0 aliphatic heterocycles. The minimum absolute atomic E-state index is 0.0545. The van der Waals surface area contributed by atoms with E-state index < -0.39 is 11.6 Å². The Kier molecular flexibility index (Phi) is 2.77. The number of halogens is 2. The van der Waals surface area contributed by atoms with Gasteiger partial charge in [0, 0.05) is 11.6 Å². The van der Waals surface area contributed by atoms with Crippen LogP contribution in [0.5, 0.6) is 0 Å². The monoisotopic (exact) mass is 263 g/mol. The Balaban J connectivity index is 1.98. The van der Waals surface area contributed by atoms with E-state index in [0.717, 1.165) is 36.7 Å². The van der Waals surface area contributed by atoms with E-state index in [-0.39, 0.29) is 17.2 Å². The minimum Gasteiger partial charge on any atom is -0.323 e. The molecule has 0 fully saturated rings. The number of benzene rings is 1. The third-order valence-electron chi connectivity index (χ3n) is 3.12. The summed E-state index contributed by atoms with van der Waals surface area (Å²) in [4.78, 5) is 18.5. The maximum atomic E-state index is 13.5. The molecule has 0 spiro atoms. The Bertz CT molecular complexity index is 697. The minimum atomic E-state index is -0.607. The van der Waals surface area contributed by atoms with Crippen molar-refractivity contribution < 1.29 is 8.78 Å². The van der Waals surface area contributed by atoms with Gasteiger partial charge in [-0.25, -0.2) is 13.8 Å². The maximum absolute atomic E-state index is 13.5. The fraction of sp³-hybridized carbons (Fsp3) is 0.231. The molecule has 0 saturated carbocycles. The molecule has 1 aromatic carbocycles. The highest BCUT2D eigenvalue weighted by atomic mass is 19.1. The highest BCUT2D eigenvalue weighted by Crippen LogP contribution is 2.21. The number of hydrogen-bond donors (Lipinski definition) is 2. The summed E-state index contributed by atoms with van der Waals surface area (Å²) in [5.74, 6) is -1.04. The summed E-state index contributed by atoms with van der Waals surface area (Å²) in [5, 5.41) is 2.60. The van der Waals surface area contributed by atoms with Gasteiger partial charge in [-0.05, 0) is 31.4 Å². The first-order chi connectivity index (χ1) is 9.13. The van der Waals surface area contributed by atoms with Crippen molar-refractivity contribution >= 4 is 11.6 Å². The normalized spacial score (nSPS) is 13.4. The smallest absolute Gasteiger partial charge is 0.255 e. The number of anilines is 2. The predicted molar refractivity (Wildman–Crippen MR) is 66.5 cm³/mol. The molecule has 0 atom stereocenters. The lowest BCUT2D eigenvalue weighted by molar-refractivity contribution is 0.603. The number of nitrogens with one attached hydrogen (secondary N) is 2. The van der Waals surface area contributed by atoms with Crippen LogP contribution in [0.4, 0.5) is 20.4 Å². The first-order valence-electron chi connectivity index (χ1n) is 5.97. The molecule has 0 amide bonds. The van der Waals surface area contributed by atoms with Gasteiger partial charge in [-0.15, -0.1) is 0 Å². The SMILES string of the molecule is O=c1[nH]c(Nc2cc(F)ccc2F)nc2c1CCC2. The van der Waals surface area contributed by atoms with Gasteiger partial charge in [0.25, 0.3) is 5.56 Å². The van der Waals surface area contributed by atoms with Crippen molar-refractivity contribution in [1.29, 1.82) is 0 Å². The second-order valence-electron chi connectivity index (χ2n) is 4.44. The molecule has 0 bridgehead atoms. The van der Waals surface area contributed by atoms with Gasteiger partial charge in [0.1, 0.15) is 11.6 Å². The Morgan fingerprint density at radius 1 is 1.26 bits per heavy atom. The van der Waals surface area contributed by atoms with Crippen molar-refractivity contribution in [2.75, 3.05) is 5.32 Å². The van der Waals surface area contributed by atoms with E-state index in [0.29, 0.717) is 12.0 Å². The molecule has 2 aromatic rings. The van der Waals surface area contributed by atoms with Gasteiger partial charge in [-0.2, -0.15) is 0 Å². The van der Waals surface area contributed by atoms with Gasteiger partial charge in [-0.1, -0.05) is 0 Å². The molecule has 1 aromatic heterocycles. The molecule has 1 aliphatic carbocycles. The number of nitrogens with zero attached hydrogens (tertiary/aromatic N) is 1. The molecule has 0 saturated heterocycles. The molecule has 0 unspecified atom stereocenters. The van der Waals surface area contributed by atoms with Crippen LogP contribution >= 0.6 is 0 Å². The Labute approximate surface area is 107 Å². The second-order valence-corrected chi connectivity index (χ2v) is 4.44. The molecule has 98 valence electrons. The van der Waals surface area contributed by atoms with Crippen LogP contribution in [0.3, 0.4) is 0 Å². The van der Waals surface area contributed by atoms with E-state index in [4.69, 9.17) is 0 Å². The molecule has 1 heterocycles. The molecular formula is C13H11F2N3O. The number of rotatable bonds is 2. The van der Waals surface area contributed by atoms with E-state index in [1.165, 1.54) is 0 Å². The summed E-state index contributed by atoms with van der Waals surface area (Å²) in [6.45, 7) is 0. The summed E-state index contributed by atoms with van der Waals surface area (Å²) >= 11 is 0. The van der Waals surface area contributed by atoms with Crippen LogP contribution in [0, 0.1) is 11.6 Å². The number of aryl methyl sites for hydroxylation is 1. The zero-order valence-corrected chi connectivity index (χ0v) is 9.96. The van der Waals surface area contributed by atoms with Crippen LogP contribution in [-0.4, -0.2) is 9.97 Å². The van der Waals surface area contributed by atoms with E-state index in [2.05, 4.69) is 15.3 Å². The molecule has 6 heteroatoms.